The monoisotopic (exact) mass is 372 g/mol. The van der Waals surface area contributed by atoms with E-state index in [0.717, 1.165) is 12.8 Å². The van der Waals surface area contributed by atoms with Crippen molar-refractivity contribution in [3.05, 3.63) is 0 Å². The molecule has 0 radical (unpaired) electrons. The van der Waals surface area contributed by atoms with Crippen LogP contribution in [-0.4, -0.2) is 55.3 Å². The summed E-state index contributed by atoms with van der Waals surface area (Å²) in [5.41, 5.74) is 0. The van der Waals surface area contributed by atoms with Crippen molar-refractivity contribution >= 4 is 11.9 Å². The number of carbonyl (C=O) groups excluding carboxylic acids is 1. The highest BCUT2D eigenvalue weighted by Crippen LogP contribution is 2.17. The number of likely N-dealkylation sites (N-methyl/N-ethyl adjacent to an activating group) is 1. The molecule has 154 valence electrons. The van der Waals surface area contributed by atoms with E-state index in [1.165, 1.54) is 44.9 Å². The predicted octanol–water partition coefficient (Wildman–Crippen LogP) is 4.64. The molecule has 26 heavy (non-hydrogen) atoms. The number of carbonyl (C=O) groups is 2. The Kier molecular flexibility index (Phi) is 13.4. The zero-order valence-electron chi connectivity index (χ0n) is 17.8. The fourth-order valence-electron chi connectivity index (χ4n) is 3.15. The molecule has 5 heteroatoms. The van der Waals surface area contributed by atoms with E-state index in [1.54, 1.807) is 0 Å². The average Bonchev–Trinajstić information content (AvgIpc) is 2.49. The minimum Gasteiger partial charge on any atom is -0.481 e. The lowest BCUT2D eigenvalue weighted by atomic mass is 9.97. The first-order valence-corrected chi connectivity index (χ1v) is 10.4. The number of quaternary nitrogens is 1. The molecule has 0 saturated carbocycles. The summed E-state index contributed by atoms with van der Waals surface area (Å²) >= 11 is 0. The SMILES string of the molecule is CCCCCCCCCC(C)CCC(=O)OC(CC(=O)O)C[N+](C)(C)C. The van der Waals surface area contributed by atoms with E-state index >= 15 is 0 Å². The maximum atomic E-state index is 12.1. The molecule has 1 N–H and O–H groups in total. The molecule has 0 aromatic heterocycles. The maximum Gasteiger partial charge on any atom is 0.307 e. The number of hydrogen-bond acceptors (Lipinski definition) is 3. The second-order valence-corrected chi connectivity index (χ2v) is 8.74. The Morgan fingerprint density at radius 2 is 1.54 bits per heavy atom. The molecule has 0 amide bonds. The van der Waals surface area contributed by atoms with Gasteiger partial charge in [0.15, 0.2) is 6.10 Å². The average molecular weight is 373 g/mol. The van der Waals surface area contributed by atoms with E-state index in [1.807, 2.05) is 21.1 Å². The highest BCUT2D eigenvalue weighted by molar-refractivity contribution is 5.71. The Morgan fingerprint density at radius 3 is 2.08 bits per heavy atom. The minimum atomic E-state index is -0.927. The zero-order chi connectivity index (χ0) is 20.0. The third kappa shape index (κ3) is 16.4. The number of unbranched alkanes of at least 4 members (excludes halogenated alkanes) is 6. The van der Waals surface area contributed by atoms with Gasteiger partial charge in [-0.1, -0.05) is 65.2 Å². The van der Waals surface area contributed by atoms with Gasteiger partial charge < -0.3 is 14.3 Å². The van der Waals surface area contributed by atoms with Gasteiger partial charge in [-0.2, -0.15) is 0 Å². The van der Waals surface area contributed by atoms with Crippen molar-refractivity contribution < 1.29 is 23.9 Å². The number of hydrogen-bond donors (Lipinski definition) is 1. The lowest BCUT2D eigenvalue weighted by Gasteiger charge is -2.28. The van der Waals surface area contributed by atoms with E-state index in [4.69, 9.17) is 9.84 Å². The summed E-state index contributed by atoms with van der Waals surface area (Å²) in [5.74, 6) is -0.686. The van der Waals surface area contributed by atoms with Crippen molar-refractivity contribution in [3.8, 4) is 0 Å². The number of esters is 1. The van der Waals surface area contributed by atoms with E-state index in [-0.39, 0.29) is 12.4 Å². The van der Waals surface area contributed by atoms with Gasteiger partial charge in [-0.05, 0) is 12.3 Å². The van der Waals surface area contributed by atoms with Gasteiger partial charge in [0.05, 0.1) is 27.6 Å². The first-order chi connectivity index (χ1) is 12.1. The van der Waals surface area contributed by atoms with Crippen LogP contribution in [0.3, 0.4) is 0 Å². The molecule has 2 unspecified atom stereocenters. The van der Waals surface area contributed by atoms with E-state index in [0.29, 0.717) is 23.4 Å². The molecular weight excluding hydrogens is 330 g/mol. The minimum absolute atomic E-state index is 0.130. The van der Waals surface area contributed by atoms with Gasteiger partial charge in [-0.15, -0.1) is 0 Å². The quantitative estimate of drug-likeness (QED) is 0.244. The van der Waals surface area contributed by atoms with Crippen molar-refractivity contribution in [2.24, 2.45) is 5.92 Å². The van der Waals surface area contributed by atoms with Crippen molar-refractivity contribution in [2.45, 2.75) is 90.6 Å². The number of rotatable bonds is 16. The van der Waals surface area contributed by atoms with Crippen LogP contribution in [0.25, 0.3) is 0 Å². The molecule has 5 nitrogen and oxygen atoms in total. The standard InChI is InChI=1S/C21H41NO4/c1-6-7-8-9-10-11-12-13-18(2)14-15-21(25)26-19(16-20(23)24)17-22(3,4)5/h18-19H,6-17H2,1-5H3/p+1. The summed E-state index contributed by atoms with van der Waals surface area (Å²) in [6.07, 6.45) is 10.8. The molecule has 0 fully saturated rings. The molecule has 0 aliphatic rings. The number of ether oxygens (including phenoxy) is 1. The Labute approximate surface area is 160 Å². The topological polar surface area (TPSA) is 63.6 Å². The van der Waals surface area contributed by atoms with Crippen molar-refractivity contribution in [1.29, 1.82) is 0 Å². The molecule has 0 spiro atoms. The molecule has 0 aliphatic heterocycles. The Hall–Kier alpha value is -1.10. The van der Waals surface area contributed by atoms with Crippen LogP contribution in [-0.2, 0) is 14.3 Å². The Morgan fingerprint density at radius 1 is 0.962 bits per heavy atom. The molecule has 0 rings (SSSR count). The van der Waals surface area contributed by atoms with Crippen LogP contribution in [0.1, 0.15) is 84.5 Å². The molecule has 0 saturated heterocycles. The first kappa shape index (κ1) is 24.9. The fraction of sp³-hybridized carbons (Fsp3) is 0.905. The molecule has 0 aromatic carbocycles. The third-order valence-electron chi connectivity index (χ3n) is 4.59. The van der Waals surface area contributed by atoms with Gasteiger partial charge >= 0.3 is 11.9 Å². The van der Waals surface area contributed by atoms with Gasteiger partial charge in [0.25, 0.3) is 0 Å². The van der Waals surface area contributed by atoms with E-state index < -0.39 is 12.1 Å². The lowest BCUT2D eigenvalue weighted by molar-refractivity contribution is -0.873. The number of aliphatic carboxylic acids is 1. The van der Waals surface area contributed by atoms with Crippen LogP contribution in [0.5, 0.6) is 0 Å². The highest BCUT2D eigenvalue weighted by Gasteiger charge is 2.24. The zero-order valence-corrected chi connectivity index (χ0v) is 17.8. The summed E-state index contributed by atoms with van der Waals surface area (Å²) in [6, 6.07) is 0. The van der Waals surface area contributed by atoms with Crippen molar-refractivity contribution in [2.75, 3.05) is 27.7 Å². The first-order valence-electron chi connectivity index (χ1n) is 10.4. The summed E-state index contributed by atoms with van der Waals surface area (Å²) < 4.78 is 6.00. The lowest BCUT2D eigenvalue weighted by Crippen LogP contribution is -2.43. The normalized spacial score (nSPS) is 14.0. The smallest absolute Gasteiger partial charge is 0.307 e. The van der Waals surface area contributed by atoms with E-state index in [9.17, 15) is 9.59 Å². The number of carboxylic acid groups (broad SMARTS) is 1. The van der Waals surface area contributed by atoms with Crippen LogP contribution >= 0.6 is 0 Å². The third-order valence-corrected chi connectivity index (χ3v) is 4.59. The number of nitrogens with zero attached hydrogens (tertiary/aromatic N) is 1. The van der Waals surface area contributed by atoms with E-state index in [2.05, 4.69) is 13.8 Å². The molecule has 0 heterocycles. The number of carboxylic acids is 1. The summed E-state index contributed by atoms with van der Waals surface area (Å²) in [5, 5.41) is 9.00. The molecular formula is C21H42NO4+. The van der Waals surface area contributed by atoms with Gasteiger partial charge in [0, 0.05) is 6.42 Å². The van der Waals surface area contributed by atoms with Gasteiger partial charge in [-0.25, -0.2) is 0 Å². The molecule has 2 atom stereocenters. The largest absolute Gasteiger partial charge is 0.481 e. The maximum absolute atomic E-state index is 12.1. The van der Waals surface area contributed by atoms with Crippen molar-refractivity contribution in [3.63, 3.8) is 0 Å². The Balaban J connectivity index is 3.97. The van der Waals surface area contributed by atoms with Gasteiger partial charge in [0.2, 0.25) is 0 Å². The molecule has 0 aliphatic carbocycles. The summed E-state index contributed by atoms with van der Waals surface area (Å²) in [6.45, 7) is 4.93. The molecule has 0 bridgehead atoms. The van der Waals surface area contributed by atoms with Crippen LogP contribution in [0.15, 0.2) is 0 Å². The summed E-state index contributed by atoms with van der Waals surface area (Å²) in [7, 11) is 5.90. The second-order valence-electron chi connectivity index (χ2n) is 8.74. The van der Waals surface area contributed by atoms with Crippen LogP contribution in [0.4, 0.5) is 0 Å². The van der Waals surface area contributed by atoms with Gasteiger partial charge in [0.1, 0.15) is 6.54 Å². The predicted molar refractivity (Wildman–Crippen MR) is 106 cm³/mol. The summed E-state index contributed by atoms with van der Waals surface area (Å²) in [4.78, 5) is 23.1. The van der Waals surface area contributed by atoms with Crippen LogP contribution in [0.2, 0.25) is 0 Å². The van der Waals surface area contributed by atoms with Crippen LogP contribution < -0.4 is 0 Å². The van der Waals surface area contributed by atoms with Crippen LogP contribution in [0, 0.1) is 5.92 Å². The Bertz CT molecular complexity index is 390. The van der Waals surface area contributed by atoms with Gasteiger partial charge in [-0.3, -0.25) is 9.59 Å². The van der Waals surface area contributed by atoms with Crippen molar-refractivity contribution in [1.82, 2.24) is 0 Å². The highest BCUT2D eigenvalue weighted by atomic mass is 16.5. The second kappa shape index (κ2) is 14.0. The fourth-order valence-corrected chi connectivity index (χ4v) is 3.15. The molecule has 0 aromatic rings.